The maximum atomic E-state index is 11.6. The Morgan fingerprint density at radius 2 is 2.00 bits per heavy atom. The summed E-state index contributed by atoms with van der Waals surface area (Å²) in [4.78, 5) is 11.7. The minimum atomic E-state index is -3.31. The second kappa shape index (κ2) is 6.03. The summed E-state index contributed by atoms with van der Waals surface area (Å²) in [7, 11) is -3.31. The van der Waals surface area contributed by atoms with Crippen molar-refractivity contribution in [1.29, 1.82) is 0 Å². The molecule has 1 unspecified atom stereocenters. The molecule has 0 aliphatic heterocycles. The van der Waals surface area contributed by atoms with Crippen LogP contribution in [0.5, 0.6) is 5.75 Å². The van der Waals surface area contributed by atoms with E-state index in [1.165, 1.54) is 12.1 Å². The minimum Gasteiger partial charge on any atom is -0.480 e. The van der Waals surface area contributed by atoms with E-state index in [1.54, 1.807) is 26.0 Å². The van der Waals surface area contributed by atoms with Crippen molar-refractivity contribution in [3.8, 4) is 5.75 Å². The Bertz CT molecular complexity index is 555. The van der Waals surface area contributed by atoms with Crippen molar-refractivity contribution < 1.29 is 17.9 Å². The van der Waals surface area contributed by atoms with Gasteiger partial charge in [0.2, 0.25) is 0 Å². The number of nitrogens with one attached hydrogen (secondary N) is 1. The van der Waals surface area contributed by atoms with Crippen molar-refractivity contribution in [3.63, 3.8) is 0 Å². The molecule has 1 rings (SSSR count). The molecule has 0 bridgehead atoms. The lowest BCUT2D eigenvalue weighted by molar-refractivity contribution is -0.129. The summed E-state index contributed by atoms with van der Waals surface area (Å²) < 4.78 is 28.4. The van der Waals surface area contributed by atoms with Gasteiger partial charge in [-0.2, -0.15) is 0 Å². The molecule has 1 amide bonds. The highest BCUT2D eigenvalue weighted by molar-refractivity contribution is 7.90. The molecule has 6 nitrogen and oxygen atoms in total. The van der Waals surface area contributed by atoms with E-state index in [1.807, 2.05) is 5.43 Å². The maximum Gasteiger partial charge on any atom is 0.275 e. The number of carbonyl (C=O) groups excluding carboxylic acids is 1. The van der Waals surface area contributed by atoms with Crippen LogP contribution in [0.15, 0.2) is 29.2 Å². The summed E-state index contributed by atoms with van der Waals surface area (Å²) in [5.41, 5.74) is 2.03. The molecule has 19 heavy (non-hydrogen) atoms. The second-order valence-corrected chi connectivity index (χ2v) is 6.55. The Kier molecular flexibility index (Phi) is 4.90. The van der Waals surface area contributed by atoms with Gasteiger partial charge < -0.3 is 4.74 Å². The SMILES string of the molecule is CC(C)C(Oc1cccc(S(C)(=O)=O)c1)C(=O)NN. The van der Waals surface area contributed by atoms with Gasteiger partial charge >= 0.3 is 0 Å². The predicted octanol–water partition coefficient (Wildman–Crippen LogP) is 0.483. The van der Waals surface area contributed by atoms with Crippen molar-refractivity contribution in [3.05, 3.63) is 24.3 Å². The summed E-state index contributed by atoms with van der Waals surface area (Å²) in [5.74, 6) is 4.83. The number of nitrogens with two attached hydrogens (primary N) is 1. The zero-order chi connectivity index (χ0) is 14.6. The van der Waals surface area contributed by atoms with Crippen LogP contribution in [0.3, 0.4) is 0 Å². The van der Waals surface area contributed by atoms with Gasteiger partial charge in [-0.05, 0) is 24.1 Å². The molecule has 1 aromatic rings. The number of hydrogen-bond acceptors (Lipinski definition) is 5. The van der Waals surface area contributed by atoms with E-state index in [2.05, 4.69) is 0 Å². The van der Waals surface area contributed by atoms with E-state index in [4.69, 9.17) is 10.6 Å². The van der Waals surface area contributed by atoms with E-state index in [0.717, 1.165) is 6.26 Å². The lowest BCUT2D eigenvalue weighted by atomic mass is 10.1. The Hall–Kier alpha value is -1.60. The number of ether oxygens (including phenoxy) is 1. The number of sulfone groups is 1. The topological polar surface area (TPSA) is 98.5 Å². The van der Waals surface area contributed by atoms with Crippen LogP contribution >= 0.6 is 0 Å². The molecule has 0 fully saturated rings. The Labute approximate surface area is 112 Å². The summed E-state index contributed by atoms with van der Waals surface area (Å²) in [6, 6.07) is 6.00. The van der Waals surface area contributed by atoms with Gasteiger partial charge in [-0.15, -0.1) is 0 Å². The quantitative estimate of drug-likeness (QED) is 0.466. The first-order chi connectivity index (χ1) is 8.75. The van der Waals surface area contributed by atoms with Crippen LogP contribution in [0.1, 0.15) is 13.8 Å². The monoisotopic (exact) mass is 286 g/mol. The van der Waals surface area contributed by atoms with Crippen molar-refractivity contribution in [2.24, 2.45) is 11.8 Å². The fourth-order valence-electron chi connectivity index (χ4n) is 1.50. The third-order valence-corrected chi connectivity index (χ3v) is 3.61. The zero-order valence-corrected chi connectivity index (χ0v) is 11.9. The average molecular weight is 286 g/mol. The summed E-state index contributed by atoms with van der Waals surface area (Å²) in [6.07, 6.45) is 0.332. The number of rotatable bonds is 5. The van der Waals surface area contributed by atoms with Crippen molar-refractivity contribution >= 4 is 15.7 Å². The van der Waals surface area contributed by atoms with Crippen LogP contribution in [0.25, 0.3) is 0 Å². The number of benzene rings is 1. The van der Waals surface area contributed by atoms with Gasteiger partial charge in [-0.3, -0.25) is 10.2 Å². The van der Waals surface area contributed by atoms with E-state index in [9.17, 15) is 13.2 Å². The first kappa shape index (κ1) is 15.5. The predicted molar refractivity (Wildman–Crippen MR) is 71.1 cm³/mol. The van der Waals surface area contributed by atoms with E-state index in [0.29, 0.717) is 5.75 Å². The largest absolute Gasteiger partial charge is 0.480 e. The number of carbonyl (C=O) groups is 1. The van der Waals surface area contributed by atoms with Crippen molar-refractivity contribution in [1.82, 2.24) is 5.43 Å². The Morgan fingerprint density at radius 3 is 2.47 bits per heavy atom. The van der Waals surface area contributed by atoms with E-state index in [-0.39, 0.29) is 10.8 Å². The summed E-state index contributed by atoms with van der Waals surface area (Å²) in [6.45, 7) is 3.61. The normalized spacial score (nSPS) is 13.1. The van der Waals surface area contributed by atoms with Gasteiger partial charge in [-0.25, -0.2) is 14.3 Å². The molecule has 0 saturated heterocycles. The maximum absolute atomic E-state index is 11.6. The fourth-order valence-corrected chi connectivity index (χ4v) is 2.16. The molecule has 0 aromatic heterocycles. The summed E-state index contributed by atoms with van der Waals surface area (Å²) >= 11 is 0. The highest BCUT2D eigenvalue weighted by Crippen LogP contribution is 2.20. The highest BCUT2D eigenvalue weighted by atomic mass is 32.2. The van der Waals surface area contributed by atoms with Gasteiger partial charge in [0.15, 0.2) is 15.9 Å². The fraction of sp³-hybridized carbons (Fsp3) is 0.417. The number of hydrazine groups is 1. The van der Waals surface area contributed by atoms with Crippen LogP contribution in [0, 0.1) is 5.92 Å². The van der Waals surface area contributed by atoms with Crippen LogP contribution in [0.4, 0.5) is 0 Å². The Morgan fingerprint density at radius 1 is 1.37 bits per heavy atom. The molecule has 0 radical (unpaired) electrons. The first-order valence-corrected chi connectivity index (χ1v) is 7.62. The molecule has 1 aromatic carbocycles. The number of hydrogen-bond donors (Lipinski definition) is 2. The van der Waals surface area contributed by atoms with Gasteiger partial charge in [0.05, 0.1) is 4.90 Å². The van der Waals surface area contributed by atoms with Crippen LogP contribution in [-0.2, 0) is 14.6 Å². The number of amides is 1. The second-order valence-electron chi connectivity index (χ2n) is 4.54. The standard InChI is InChI=1S/C12H18N2O4S/c1-8(2)11(12(15)14-13)18-9-5-4-6-10(7-9)19(3,16)17/h4-8,11H,13H2,1-3H3,(H,14,15). The lowest BCUT2D eigenvalue weighted by Gasteiger charge is -2.20. The summed E-state index contributed by atoms with van der Waals surface area (Å²) in [5, 5.41) is 0. The molecule has 0 aliphatic rings. The van der Waals surface area contributed by atoms with E-state index >= 15 is 0 Å². The third-order valence-electron chi connectivity index (χ3n) is 2.50. The molecular formula is C12H18N2O4S. The average Bonchev–Trinajstić information content (AvgIpc) is 2.34. The molecular weight excluding hydrogens is 268 g/mol. The molecule has 1 atom stereocenters. The molecule has 3 N–H and O–H groups in total. The van der Waals surface area contributed by atoms with Gasteiger partial charge in [0.1, 0.15) is 5.75 Å². The molecule has 0 spiro atoms. The van der Waals surface area contributed by atoms with Gasteiger partial charge in [0, 0.05) is 6.26 Å². The first-order valence-electron chi connectivity index (χ1n) is 5.73. The third kappa shape index (κ3) is 4.22. The van der Waals surface area contributed by atoms with Crippen molar-refractivity contribution in [2.75, 3.05) is 6.26 Å². The van der Waals surface area contributed by atoms with E-state index < -0.39 is 21.8 Å². The molecule has 0 saturated carbocycles. The van der Waals surface area contributed by atoms with Crippen LogP contribution in [0.2, 0.25) is 0 Å². The van der Waals surface area contributed by atoms with Gasteiger partial charge in [0.25, 0.3) is 5.91 Å². The van der Waals surface area contributed by atoms with Crippen molar-refractivity contribution in [2.45, 2.75) is 24.8 Å². The van der Waals surface area contributed by atoms with Crippen LogP contribution in [-0.4, -0.2) is 26.7 Å². The highest BCUT2D eigenvalue weighted by Gasteiger charge is 2.23. The smallest absolute Gasteiger partial charge is 0.275 e. The zero-order valence-electron chi connectivity index (χ0n) is 11.1. The Balaban J connectivity index is 3.01. The van der Waals surface area contributed by atoms with Crippen LogP contribution < -0.4 is 16.0 Å². The lowest BCUT2D eigenvalue weighted by Crippen LogP contribution is -2.44. The molecule has 0 heterocycles. The minimum absolute atomic E-state index is 0.106. The van der Waals surface area contributed by atoms with Gasteiger partial charge in [-0.1, -0.05) is 19.9 Å². The molecule has 106 valence electrons. The molecule has 7 heteroatoms. The molecule has 0 aliphatic carbocycles.